The number of carboxylic acids is 1. The van der Waals surface area contributed by atoms with E-state index in [1.165, 1.54) is 0 Å². The lowest BCUT2D eigenvalue weighted by Crippen LogP contribution is -2.38. The van der Waals surface area contributed by atoms with Gasteiger partial charge in [-0.2, -0.15) is 0 Å². The lowest BCUT2D eigenvalue weighted by molar-refractivity contribution is -0.143. The Bertz CT molecular complexity index is 364. The van der Waals surface area contributed by atoms with E-state index in [1.54, 1.807) is 6.92 Å². The molecule has 0 saturated heterocycles. The maximum Gasteiger partial charge on any atom is 0.327 e. The summed E-state index contributed by atoms with van der Waals surface area (Å²) in [6.45, 7) is 2.41. The first kappa shape index (κ1) is 19.2. The number of nitrogens with one attached hydrogen (secondary N) is 2. The summed E-state index contributed by atoms with van der Waals surface area (Å²) in [5.41, 5.74) is 0. The SMILES string of the molecule is CCOC(=O)CCCNC(=O)CSCC(NC=O)C(=O)O. The Morgan fingerprint density at radius 1 is 1.38 bits per heavy atom. The third-order valence-corrected chi connectivity index (χ3v) is 3.31. The fraction of sp³-hybridized carbons (Fsp3) is 0.667. The molecule has 0 fully saturated rings. The Morgan fingerprint density at radius 3 is 2.67 bits per heavy atom. The van der Waals surface area contributed by atoms with Gasteiger partial charge in [-0.1, -0.05) is 0 Å². The Labute approximate surface area is 127 Å². The van der Waals surface area contributed by atoms with Crippen LogP contribution in [0.4, 0.5) is 0 Å². The summed E-state index contributed by atoms with van der Waals surface area (Å²) in [5.74, 6) is -1.51. The largest absolute Gasteiger partial charge is 0.480 e. The highest BCUT2D eigenvalue weighted by molar-refractivity contribution is 8.00. The molecule has 9 heteroatoms. The average molecular weight is 320 g/mol. The molecule has 0 spiro atoms. The summed E-state index contributed by atoms with van der Waals surface area (Å²) in [6, 6.07) is -1.01. The molecule has 0 rings (SSSR count). The number of ether oxygens (including phenoxy) is 1. The molecule has 120 valence electrons. The zero-order valence-corrected chi connectivity index (χ0v) is 12.6. The van der Waals surface area contributed by atoms with Gasteiger partial charge in [0, 0.05) is 18.7 Å². The van der Waals surface area contributed by atoms with E-state index >= 15 is 0 Å². The third-order valence-electron chi connectivity index (χ3n) is 2.27. The predicted molar refractivity (Wildman–Crippen MR) is 76.8 cm³/mol. The fourth-order valence-corrected chi connectivity index (χ4v) is 2.17. The monoisotopic (exact) mass is 320 g/mol. The van der Waals surface area contributed by atoms with Gasteiger partial charge >= 0.3 is 11.9 Å². The maximum atomic E-state index is 11.4. The van der Waals surface area contributed by atoms with Gasteiger partial charge in [0.1, 0.15) is 6.04 Å². The van der Waals surface area contributed by atoms with Crippen LogP contribution >= 0.6 is 11.8 Å². The van der Waals surface area contributed by atoms with Gasteiger partial charge in [0.25, 0.3) is 0 Å². The number of carbonyl (C=O) groups is 4. The minimum Gasteiger partial charge on any atom is -0.480 e. The molecule has 0 aromatic rings. The van der Waals surface area contributed by atoms with Gasteiger partial charge in [-0.25, -0.2) is 4.79 Å². The number of carboxylic acid groups (broad SMARTS) is 1. The van der Waals surface area contributed by atoms with E-state index in [-0.39, 0.29) is 29.8 Å². The molecular formula is C12H20N2O6S. The third kappa shape index (κ3) is 10.7. The van der Waals surface area contributed by atoms with E-state index in [4.69, 9.17) is 9.84 Å². The normalized spacial score (nSPS) is 11.3. The minimum absolute atomic E-state index is 0.0870. The van der Waals surface area contributed by atoms with Crippen molar-refractivity contribution in [2.45, 2.75) is 25.8 Å². The van der Waals surface area contributed by atoms with Crippen LogP contribution in [0.15, 0.2) is 0 Å². The smallest absolute Gasteiger partial charge is 0.327 e. The van der Waals surface area contributed by atoms with E-state index in [9.17, 15) is 19.2 Å². The van der Waals surface area contributed by atoms with Crippen molar-refractivity contribution >= 4 is 36.0 Å². The van der Waals surface area contributed by atoms with E-state index in [0.717, 1.165) is 11.8 Å². The van der Waals surface area contributed by atoms with E-state index in [1.807, 2.05) is 0 Å². The maximum absolute atomic E-state index is 11.4. The second-order valence-electron chi connectivity index (χ2n) is 3.95. The lowest BCUT2D eigenvalue weighted by Gasteiger charge is -2.10. The highest BCUT2D eigenvalue weighted by Crippen LogP contribution is 2.03. The number of thioether (sulfide) groups is 1. The van der Waals surface area contributed by atoms with Crippen LogP contribution in [-0.4, -0.2) is 60.1 Å². The molecular weight excluding hydrogens is 300 g/mol. The number of esters is 1. The molecule has 0 radical (unpaired) electrons. The summed E-state index contributed by atoms with van der Waals surface area (Å²) in [4.78, 5) is 43.4. The second-order valence-corrected chi connectivity index (χ2v) is 4.98. The van der Waals surface area contributed by atoms with E-state index in [0.29, 0.717) is 26.0 Å². The van der Waals surface area contributed by atoms with Gasteiger partial charge < -0.3 is 20.5 Å². The summed E-state index contributed by atoms with van der Waals surface area (Å²) in [5, 5.41) is 13.5. The summed E-state index contributed by atoms with van der Waals surface area (Å²) >= 11 is 1.10. The first-order chi connectivity index (χ1) is 10.0. The average Bonchev–Trinajstić information content (AvgIpc) is 2.43. The molecule has 8 nitrogen and oxygen atoms in total. The van der Waals surface area contributed by atoms with Crippen LogP contribution in [0, 0.1) is 0 Å². The van der Waals surface area contributed by atoms with Crippen LogP contribution in [0.5, 0.6) is 0 Å². The molecule has 0 bridgehead atoms. The van der Waals surface area contributed by atoms with Crippen LogP contribution in [0.3, 0.4) is 0 Å². The zero-order valence-electron chi connectivity index (χ0n) is 11.8. The molecule has 0 aliphatic heterocycles. The van der Waals surface area contributed by atoms with Gasteiger partial charge in [-0.15, -0.1) is 11.8 Å². The predicted octanol–water partition coefficient (Wildman–Crippen LogP) is -0.622. The summed E-state index contributed by atoms with van der Waals surface area (Å²) in [6.07, 6.45) is 1.04. The topological polar surface area (TPSA) is 122 Å². The molecule has 0 aromatic carbocycles. The van der Waals surface area contributed by atoms with Crippen molar-refractivity contribution in [2.24, 2.45) is 0 Å². The number of amides is 2. The van der Waals surface area contributed by atoms with Crippen LogP contribution in [0.25, 0.3) is 0 Å². The van der Waals surface area contributed by atoms with Gasteiger partial charge in [0.15, 0.2) is 0 Å². The van der Waals surface area contributed by atoms with E-state index in [2.05, 4.69) is 10.6 Å². The van der Waals surface area contributed by atoms with Crippen LogP contribution in [0.1, 0.15) is 19.8 Å². The van der Waals surface area contributed by atoms with Crippen LogP contribution in [-0.2, 0) is 23.9 Å². The van der Waals surface area contributed by atoms with Gasteiger partial charge in [0.2, 0.25) is 12.3 Å². The van der Waals surface area contributed by atoms with Gasteiger partial charge in [0.05, 0.1) is 12.4 Å². The molecule has 0 saturated carbocycles. The van der Waals surface area contributed by atoms with Crippen molar-refractivity contribution in [1.29, 1.82) is 0 Å². The van der Waals surface area contributed by atoms with Crippen molar-refractivity contribution < 1.29 is 29.0 Å². The number of rotatable bonds is 12. The van der Waals surface area contributed by atoms with Crippen molar-refractivity contribution in [3.8, 4) is 0 Å². The summed E-state index contributed by atoms with van der Waals surface area (Å²) < 4.78 is 4.74. The Kier molecular flexibility index (Phi) is 11.0. The molecule has 0 aliphatic carbocycles. The molecule has 0 heterocycles. The Morgan fingerprint density at radius 2 is 2.10 bits per heavy atom. The van der Waals surface area contributed by atoms with E-state index < -0.39 is 12.0 Å². The quantitative estimate of drug-likeness (QED) is 0.249. The first-order valence-corrected chi connectivity index (χ1v) is 7.59. The molecule has 1 unspecified atom stereocenters. The number of carbonyl (C=O) groups excluding carboxylic acids is 3. The Balaban J connectivity index is 3.68. The molecule has 0 aliphatic rings. The molecule has 1 atom stereocenters. The summed E-state index contributed by atoms with van der Waals surface area (Å²) in [7, 11) is 0. The molecule has 0 aromatic heterocycles. The van der Waals surface area contributed by atoms with Gasteiger partial charge in [-0.3, -0.25) is 14.4 Å². The van der Waals surface area contributed by atoms with Crippen molar-refractivity contribution in [3.05, 3.63) is 0 Å². The number of aliphatic carboxylic acids is 1. The number of hydrogen-bond acceptors (Lipinski definition) is 6. The van der Waals surface area contributed by atoms with Crippen LogP contribution in [0.2, 0.25) is 0 Å². The zero-order chi connectivity index (χ0) is 16.1. The second kappa shape index (κ2) is 12.0. The molecule has 2 amide bonds. The Hall–Kier alpha value is -1.77. The minimum atomic E-state index is -1.15. The van der Waals surface area contributed by atoms with Gasteiger partial charge in [-0.05, 0) is 13.3 Å². The first-order valence-electron chi connectivity index (χ1n) is 6.43. The molecule has 3 N–H and O–H groups in total. The van der Waals surface area contributed by atoms with Crippen molar-refractivity contribution in [3.63, 3.8) is 0 Å². The molecule has 21 heavy (non-hydrogen) atoms. The standard InChI is InChI=1S/C12H20N2O6S/c1-2-20-11(17)4-3-5-13-10(16)7-21-6-9(12(18)19)14-8-15/h8-9H,2-7H2,1H3,(H,13,16)(H,14,15)(H,18,19). The van der Waals surface area contributed by atoms with Crippen molar-refractivity contribution in [2.75, 3.05) is 24.7 Å². The van der Waals surface area contributed by atoms with Crippen LogP contribution < -0.4 is 10.6 Å². The lowest BCUT2D eigenvalue weighted by atomic mass is 10.3. The highest BCUT2D eigenvalue weighted by Gasteiger charge is 2.16. The van der Waals surface area contributed by atoms with Crippen molar-refractivity contribution in [1.82, 2.24) is 10.6 Å². The fourth-order valence-electron chi connectivity index (χ4n) is 1.29. The highest BCUT2D eigenvalue weighted by atomic mass is 32.2. The number of hydrogen-bond donors (Lipinski definition) is 3.